The molecule has 4 heteroatoms. The zero-order chi connectivity index (χ0) is 20.8. The van der Waals surface area contributed by atoms with Crippen molar-refractivity contribution in [3.63, 3.8) is 0 Å². The third kappa shape index (κ3) is 3.87. The lowest BCUT2D eigenvalue weighted by Crippen LogP contribution is -2.49. The molecule has 0 unspecified atom stereocenters. The van der Waals surface area contributed by atoms with Crippen LogP contribution in [0.3, 0.4) is 0 Å². The molecule has 2 bridgehead atoms. The molecule has 1 aliphatic carbocycles. The van der Waals surface area contributed by atoms with Crippen LogP contribution in [0.2, 0.25) is 0 Å². The summed E-state index contributed by atoms with van der Waals surface area (Å²) in [7, 11) is 0. The van der Waals surface area contributed by atoms with Crippen molar-refractivity contribution in [2.75, 3.05) is 26.2 Å². The topological polar surface area (TPSA) is 32.8 Å². The van der Waals surface area contributed by atoms with Crippen LogP contribution in [0.25, 0.3) is 0 Å². The van der Waals surface area contributed by atoms with Crippen molar-refractivity contribution >= 4 is 5.91 Å². The van der Waals surface area contributed by atoms with Crippen molar-refractivity contribution in [3.05, 3.63) is 65.2 Å². The molecule has 0 spiro atoms. The van der Waals surface area contributed by atoms with Gasteiger partial charge in [0.2, 0.25) is 5.91 Å². The number of benzene rings is 2. The molecule has 31 heavy (non-hydrogen) atoms. The fourth-order valence-corrected chi connectivity index (χ4v) is 5.96. The summed E-state index contributed by atoms with van der Waals surface area (Å²) in [5, 5.41) is 0. The Morgan fingerprint density at radius 1 is 0.935 bits per heavy atom. The molecule has 162 valence electrons. The smallest absolute Gasteiger partial charge is 0.223 e. The molecule has 1 saturated carbocycles. The number of carbonyl (C=O) groups excluding carboxylic acids is 1. The number of fused-ring (bicyclic) bond motifs is 4. The van der Waals surface area contributed by atoms with E-state index < -0.39 is 0 Å². The molecule has 1 amide bonds. The van der Waals surface area contributed by atoms with Crippen LogP contribution in [0.5, 0.6) is 5.75 Å². The van der Waals surface area contributed by atoms with Crippen LogP contribution >= 0.6 is 0 Å². The standard InChI is InChI=1S/C27H32N2O2/c30-26(17-22-18-28-14-11-19(22)12-15-28)29-16-13-20-3-1-2-4-25(20)27(29)21-5-7-23(8-6-21)31-24-9-10-24/h1-8,19,22,24,27H,9-18H2/t22-,27+/m1/s1. The van der Waals surface area contributed by atoms with Gasteiger partial charge in [-0.05, 0) is 85.9 Å². The number of hydrogen-bond donors (Lipinski definition) is 0. The number of piperidine rings is 3. The van der Waals surface area contributed by atoms with Crippen molar-refractivity contribution in [1.29, 1.82) is 0 Å². The van der Waals surface area contributed by atoms with E-state index in [1.807, 2.05) is 0 Å². The predicted molar refractivity (Wildman–Crippen MR) is 121 cm³/mol. The van der Waals surface area contributed by atoms with Crippen LogP contribution in [0.4, 0.5) is 0 Å². The Labute approximate surface area is 185 Å². The fourth-order valence-electron chi connectivity index (χ4n) is 5.96. The quantitative estimate of drug-likeness (QED) is 0.723. The fraction of sp³-hybridized carbons (Fsp3) is 0.519. The molecule has 4 aliphatic heterocycles. The van der Waals surface area contributed by atoms with E-state index in [2.05, 4.69) is 58.3 Å². The van der Waals surface area contributed by atoms with E-state index in [9.17, 15) is 4.79 Å². The van der Waals surface area contributed by atoms with E-state index in [4.69, 9.17) is 4.74 Å². The third-order valence-corrected chi connectivity index (χ3v) is 7.86. The van der Waals surface area contributed by atoms with Gasteiger partial charge in [-0.25, -0.2) is 0 Å². The Morgan fingerprint density at radius 2 is 1.71 bits per heavy atom. The molecule has 2 aromatic rings. The Kier molecular flexibility index (Phi) is 4.98. The Hall–Kier alpha value is -2.33. The minimum Gasteiger partial charge on any atom is -0.490 e. The van der Waals surface area contributed by atoms with Gasteiger partial charge in [0, 0.05) is 19.5 Å². The van der Waals surface area contributed by atoms with Gasteiger partial charge in [-0.1, -0.05) is 36.4 Å². The summed E-state index contributed by atoms with van der Waals surface area (Å²) < 4.78 is 5.95. The van der Waals surface area contributed by atoms with Crippen LogP contribution in [-0.4, -0.2) is 48.0 Å². The highest BCUT2D eigenvalue weighted by Crippen LogP contribution is 2.39. The zero-order valence-electron chi connectivity index (χ0n) is 18.2. The van der Waals surface area contributed by atoms with Crippen molar-refractivity contribution in [1.82, 2.24) is 9.80 Å². The third-order valence-electron chi connectivity index (χ3n) is 7.86. The summed E-state index contributed by atoms with van der Waals surface area (Å²) in [5.41, 5.74) is 3.85. The minimum atomic E-state index is 0.00788. The number of amides is 1. The first-order valence-electron chi connectivity index (χ1n) is 12.1. The molecule has 0 radical (unpaired) electrons. The van der Waals surface area contributed by atoms with Crippen LogP contribution < -0.4 is 4.74 Å². The van der Waals surface area contributed by atoms with Crippen molar-refractivity contribution in [2.24, 2.45) is 11.8 Å². The molecular formula is C27H32N2O2. The molecule has 4 heterocycles. The lowest BCUT2D eigenvalue weighted by molar-refractivity contribution is -0.136. The first kappa shape index (κ1) is 19.4. The first-order chi connectivity index (χ1) is 15.2. The van der Waals surface area contributed by atoms with Gasteiger partial charge >= 0.3 is 0 Å². The number of carbonyl (C=O) groups is 1. The zero-order valence-corrected chi connectivity index (χ0v) is 18.2. The van der Waals surface area contributed by atoms with E-state index in [1.54, 1.807) is 0 Å². The SMILES string of the molecule is O=C(C[C@@H]1CN2CCC1CC2)N1CCc2ccccc2[C@@H]1c1ccc(OC2CC2)cc1. The number of hydrogen-bond acceptors (Lipinski definition) is 3. The van der Waals surface area contributed by atoms with E-state index >= 15 is 0 Å². The van der Waals surface area contributed by atoms with E-state index in [-0.39, 0.29) is 6.04 Å². The highest BCUT2D eigenvalue weighted by molar-refractivity contribution is 5.78. The van der Waals surface area contributed by atoms with E-state index in [0.29, 0.717) is 24.3 Å². The van der Waals surface area contributed by atoms with Gasteiger partial charge in [0.05, 0.1) is 12.1 Å². The van der Waals surface area contributed by atoms with Crippen LogP contribution in [-0.2, 0) is 11.2 Å². The molecule has 2 aromatic carbocycles. The molecule has 2 atom stereocenters. The summed E-state index contributed by atoms with van der Waals surface area (Å²) >= 11 is 0. The number of rotatable bonds is 5. The lowest BCUT2D eigenvalue weighted by Gasteiger charge is -2.46. The van der Waals surface area contributed by atoms with E-state index in [1.165, 1.54) is 55.5 Å². The average molecular weight is 417 g/mol. The highest BCUT2D eigenvalue weighted by atomic mass is 16.5. The van der Waals surface area contributed by atoms with Crippen LogP contribution in [0.1, 0.15) is 54.8 Å². The van der Waals surface area contributed by atoms with Crippen molar-refractivity contribution < 1.29 is 9.53 Å². The first-order valence-corrected chi connectivity index (χ1v) is 12.1. The summed E-state index contributed by atoms with van der Waals surface area (Å²) in [6.07, 6.45) is 6.92. The molecule has 0 aromatic heterocycles. The van der Waals surface area contributed by atoms with Crippen molar-refractivity contribution in [2.45, 2.75) is 50.7 Å². The largest absolute Gasteiger partial charge is 0.490 e. The number of nitrogens with zero attached hydrogens (tertiary/aromatic N) is 2. The lowest BCUT2D eigenvalue weighted by atomic mass is 9.77. The Balaban J connectivity index is 1.27. The van der Waals surface area contributed by atoms with Gasteiger partial charge in [-0.15, -0.1) is 0 Å². The van der Waals surface area contributed by atoms with Crippen molar-refractivity contribution in [3.8, 4) is 5.75 Å². The van der Waals surface area contributed by atoms with Gasteiger partial charge in [-0.3, -0.25) is 4.79 Å². The summed E-state index contributed by atoms with van der Waals surface area (Å²) in [4.78, 5) is 18.4. The molecule has 0 N–H and O–H groups in total. The predicted octanol–water partition coefficient (Wildman–Crippen LogP) is 4.43. The summed E-state index contributed by atoms with van der Waals surface area (Å²) in [6.45, 7) is 4.37. The molecule has 5 aliphatic rings. The summed E-state index contributed by atoms with van der Waals surface area (Å²) in [6, 6.07) is 17.2. The maximum absolute atomic E-state index is 13.6. The highest BCUT2D eigenvalue weighted by Gasteiger charge is 2.38. The Bertz CT molecular complexity index is 944. The average Bonchev–Trinajstić information content (AvgIpc) is 3.64. The van der Waals surface area contributed by atoms with E-state index in [0.717, 1.165) is 31.2 Å². The second-order valence-corrected chi connectivity index (χ2v) is 9.93. The molecule has 4 nitrogen and oxygen atoms in total. The molecule has 7 rings (SSSR count). The maximum atomic E-state index is 13.6. The maximum Gasteiger partial charge on any atom is 0.223 e. The van der Waals surface area contributed by atoms with Crippen LogP contribution in [0, 0.1) is 11.8 Å². The second-order valence-electron chi connectivity index (χ2n) is 9.93. The van der Waals surface area contributed by atoms with Gasteiger partial charge in [0.25, 0.3) is 0 Å². The molecule has 3 saturated heterocycles. The van der Waals surface area contributed by atoms with Gasteiger partial charge in [-0.2, -0.15) is 0 Å². The summed E-state index contributed by atoms with van der Waals surface area (Å²) in [5.74, 6) is 2.54. The Morgan fingerprint density at radius 3 is 2.42 bits per heavy atom. The monoisotopic (exact) mass is 416 g/mol. The molecular weight excluding hydrogens is 384 g/mol. The molecule has 4 fully saturated rings. The van der Waals surface area contributed by atoms with Gasteiger partial charge < -0.3 is 14.5 Å². The minimum absolute atomic E-state index is 0.00788. The normalized spacial score (nSPS) is 29.5. The van der Waals surface area contributed by atoms with Crippen LogP contribution in [0.15, 0.2) is 48.5 Å². The number of ether oxygens (including phenoxy) is 1. The van der Waals surface area contributed by atoms with Gasteiger partial charge in [0.1, 0.15) is 5.75 Å². The van der Waals surface area contributed by atoms with Gasteiger partial charge in [0.15, 0.2) is 0 Å². The second kappa shape index (κ2) is 7.98.